The van der Waals surface area contributed by atoms with Crippen molar-refractivity contribution < 1.29 is 22.4 Å². The van der Waals surface area contributed by atoms with Crippen LogP contribution in [0.1, 0.15) is 17.2 Å². The van der Waals surface area contributed by atoms with Crippen molar-refractivity contribution in [2.45, 2.75) is 12.5 Å². The lowest BCUT2D eigenvalue weighted by molar-refractivity contribution is 0.140. The minimum Gasteiger partial charge on any atom is -0.490 e. The SMILES string of the molecule is CS(=O)(=O)OCCc1ccc2c(c1)[C@H](O)CO2. The van der Waals surface area contributed by atoms with Crippen molar-refractivity contribution >= 4 is 10.1 Å². The first-order chi connectivity index (χ1) is 7.96. The third kappa shape index (κ3) is 3.18. The molecule has 2 rings (SSSR count). The molecule has 1 aliphatic heterocycles. The molecule has 1 aliphatic rings. The second-order valence-electron chi connectivity index (χ2n) is 3.98. The molecule has 1 N–H and O–H groups in total. The van der Waals surface area contributed by atoms with Gasteiger partial charge >= 0.3 is 0 Å². The third-order valence-corrected chi connectivity index (χ3v) is 3.11. The van der Waals surface area contributed by atoms with Crippen LogP contribution in [0.5, 0.6) is 5.75 Å². The van der Waals surface area contributed by atoms with Crippen LogP contribution in [-0.2, 0) is 20.7 Å². The van der Waals surface area contributed by atoms with E-state index >= 15 is 0 Å². The Morgan fingerprint density at radius 1 is 1.53 bits per heavy atom. The Labute approximate surface area is 100 Å². The molecular formula is C11H14O5S. The molecule has 0 spiro atoms. The molecule has 0 unspecified atom stereocenters. The quantitative estimate of drug-likeness (QED) is 0.802. The normalized spacial score (nSPS) is 18.8. The van der Waals surface area contributed by atoms with Gasteiger partial charge in [0, 0.05) is 5.56 Å². The highest BCUT2D eigenvalue weighted by molar-refractivity contribution is 7.85. The van der Waals surface area contributed by atoms with E-state index in [4.69, 9.17) is 4.74 Å². The van der Waals surface area contributed by atoms with Crippen molar-refractivity contribution in [2.24, 2.45) is 0 Å². The fourth-order valence-electron chi connectivity index (χ4n) is 1.71. The van der Waals surface area contributed by atoms with Gasteiger partial charge in [0.25, 0.3) is 10.1 Å². The average Bonchev–Trinajstić information content (AvgIpc) is 2.59. The van der Waals surface area contributed by atoms with Gasteiger partial charge in [-0.3, -0.25) is 4.18 Å². The summed E-state index contributed by atoms with van der Waals surface area (Å²) in [5.41, 5.74) is 1.67. The molecule has 0 saturated carbocycles. The summed E-state index contributed by atoms with van der Waals surface area (Å²) in [6.07, 6.45) is 0.904. The number of rotatable bonds is 4. The van der Waals surface area contributed by atoms with Crippen LogP contribution >= 0.6 is 0 Å². The maximum absolute atomic E-state index is 10.8. The number of fused-ring (bicyclic) bond motifs is 1. The van der Waals surface area contributed by atoms with Crippen LogP contribution in [0, 0.1) is 0 Å². The Balaban J connectivity index is 2.01. The monoisotopic (exact) mass is 258 g/mol. The predicted octanol–water partition coefficient (Wildman–Crippen LogP) is 0.631. The zero-order valence-corrected chi connectivity index (χ0v) is 10.2. The lowest BCUT2D eigenvalue weighted by Gasteiger charge is -2.05. The highest BCUT2D eigenvalue weighted by Crippen LogP contribution is 2.32. The molecule has 0 fully saturated rings. The average molecular weight is 258 g/mol. The molecular weight excluding hydrogens is 244 g/mol. The van der Waals surface area contributed by atoms with Gasteiger partial charge in [0.1, 0.15) is 18.5 Å². The Bertz CT molecular complexity index is 509. The molecule has 6 heteroatoms. The molecule has 0 radical (unpaired) electrons. The van der Waals surface area contributed by atoms with Crippen LogP contribution in [-0.4, -0.2) is 33.0 Å². The van der Waals surface area contributed by atoms with Crippen LogP contribution < -0.4 is 4.74 Å². The molecule has 0 bridgehead atoms. The molecule has 1 heterocycles. The van der Waals surface area contributed by atoms with E-state index in [9.17, 15) is 13.5 Å². The molecule has 0 aromatic heterocycles. The summed E-state index contributed by atoms with van der Waals surface area (Å²) in [6.45, 7) is 0.382. The summed E-state index contributed by atoms with van der Waals surface area (Å²) in [7, 11) is -3.39. The molecule has 1 aromatic carbocycles. The first-order valence-electron chi connectivity index (χ1n) is 5.24. The number of hydrogen-bond acceptors (Lipinski definition) is 5. The largest absolute Gasteiger partial charge is 0.490 e. The maximum Gasteiger partial charge on any atom is 0.264 e. The van der Waals surface area contributed by atoms with Crippen LogP contribution in [0.3, 0.4) is 0 Å². The minimum absolute atomic E-state index is 0.106. The summed E-state index contributed by atoms with van der Waals surface area (Å²) in [5.74, 6) is 0.685. The second kappa shape index (κ2) is 4.64. The molecule has 0 amide bonds. The molecule has 5 nitrogen and oxygen atoms in total. The Hall–Kier alpha value is -1.11. The zero-order valence-electron chi connectivity index (χ0n) is 9.42. The first kappa shape index (κ1) is 12.3. The van der Waals surface area contributed by atoms with Gasteiger partial charge in [-0.2, -0.15) is 8.42 Å². The summed E-state index contributed by atoms with van der Waals surface area (Å²) >= 11 is 0. The van der Waals surface area contributed by atoms with E-state index in [0.717, 1.165) is 17.4 Å². The van der Waals surface area contributed by atoms with Gasteiger partial charge in [-0.1, -0.05) is 6.07 Å². The van der Waals surface area contributed by atoms with E-state index in [1.54, 1.807) is 6.07 Å². The lowest BCUT2D eigenvalue weighted by atomic mass is 10.1. The van der Waals surface area contributed by atoms with E-state index in [1.807, 2.05) is 12.1 Å². The summed E-state index contributed by atoms with van der Waals surface area (Å²) in [5, 5.41) is 9.61. The number of aliphatic hydroxyl groups is 1. The van der Waals surface area contributed by atoms with E-state index in [-0.39, 0.29) is 13.2 Å². The Morgan fingerprint density at radius 3 is 3.00 bits per heavy atom. The van der Waals surface area contributed by atoms with Crippen molar-refractivity contribution in [2.75, 3.05) is 19.5 Å². The molecule has 1 atom stereocenters. The van der Waals surface area contributed by atoms with Gasteiger partial charge in [0.2, 0.25) is 0 Å². The number of aliphatic hydroxyl groups excluding tert-OH is 1. The maximum atomic E-state index is 10.8. The van der Waals surface area contributed by atoms with Crippen LogP contribution in [0.4, 0.5) is 0 Å². The Morgan fingerprint density at radius 2 is 2.29 bits per heavy atom. The lowest BCUT2D eigenvalue weighted by Crippen LogP contribution is -2.06. The van der Waals surface area contributed by atoms with Crippen molar-refractivity contribution in [3.63, 3.8) is 0 Å². The number of benzene rings is 1. The molecule has 0 aliphatic carbocycles. The van der Waals surface area contributed by atoms with E-state index < -0.39 is 16.2 Å². The van der Waals surface area contributed by atoms with E-state index in [2.05, 4.69) is 4.18 Å². The van der Waals surface area contributed by atoms with Crippen LogP contribution in [0.15, 0.2) is 18.2 Å². The fraction of sp³-hybridized carbons (Fsp3) is 0.455. The molecule has 17 heavy (non-hydrogen) atoms. The van der Waals surface area contributed by atoms with E-state index in [0.29, 0.717) is 12.2 Å². The van der Waals surface area contributed by atoms with Crippen LogP contribution in [0.2, 0.25) is 0 Å². The summed E-state index contributed by atoms with van der Waals surface area (Å²) in [4.78, 5) is 0. The fourth-order valence-corrected chi connectivity index (χ4v) is 2.10. The van der Waals surface area contributed by atoms with Crippen molar-refractivity contribution in [3.8, 4) is 5.75 Å². The van der Waals surface area contributed by atoms with Crippen molar-refractivity contribution in [1.82, 2.24) is 0 Å². The Kier molecular flexibility index (Phi) is 3.37. The van der Waals surface area contributed by atoms with Crippen molar-refractivity contribution in [1.29, 1.82) is 0 Å². The first-order valence-corrected chi connectivity index (χ1v) is 7.05. The van der Waals surface area contributed by atoms with Gasteiger partial charge in [-0.15, -0.1) is 0 Å². The van der Waals surface area contributed by atoms with Gasteiger partial charge in [-0.05, 0) is 24.1 Å². The highest BCUT2D eigenvalue weighted by atomic mass is 32.2. The standard InChI is InChI=1S/C11H14O5S/c1-17(13,14)16-5-4-8-2-3-11-9(6-8)10(12)7-15-11/h2-3,6,10,12H,4-5,7H2,1H3/t10-/m1/s1. The number of ether oxygens (including phenoxy) is 1. The topological polar surface area (TPSA) is 72.8 Å². The number of hydrogen-bond donors (Lipinski definition) is 1. The summed E-state index contributed by atoms with van der Waals surface area (Å²) < 4.78 is 31.5. The molecule has 1 aromatic rings. The summed E-state index contributed by atoms with van der Waals surface area (Å²) in [6, 6.07) is 5.43. The van der Waals surface area contributed by atoms with Gasteiger partial charge in [-0.25, -0.2) is 0 Å². The third-order valence-electron chi connectivity index (χ3n) is 2.52. The molecule has 0 saturated heterocycles. The van der Waals surface area contributed by atoms with Crippen LogP contribution in [0.25, 0.3) is 0 Å². The van der Waals surface area contributed by atoms with Gasteiger partial charge in [0.15, 0.2) is 0 Å². The highest BCUT2D eigenvalue weighted by Gasteiger charge is 2.21. The zero-order chi connectivity index (χ0) is 12.5. The molecule has 94 valence electrons. The second-order valence-corrected chi connectivity index (χ2v) is 5.62. The van der Waals surface area contributed by atoms with Crippen molar-refractivity contribution in [3.05, 3.63) is 29.3 Å². The van der Waals surface area contributed by atoms with Gasteiger partial charge < -0.3 is 9.84 Å². The minimum atomic E-state index is -3.39. The van der Waals surface area contributed by atoms with E-state index in [1.165, 1.54) is 0 Å². The smallest absolute Gasteiger partial charge is 0.264 e. The van der Waals surface area contributed by atoms with Gasteiger partial charge in [0.05, 0.1) is 12.9 Å². The predicted molar refractivity (Wildman–Crippen MR) is 61.4 cm³/mol.